The molecule has 0 aliphatic rings. The topological polar surface area (TPSA) is 24.8 Å². The highest BCUT2D eigenvalue weighted by Gasteiger charge is 2.12. The summed E-state index contributed by atoms with van der Waals surface area (Å²) in [6, 6.07) is 23.2. The molecule has 0 aromatic heterocycles. The van der Waals surface area contributed by atoms with Crippen molar-refractivity contribution in [2.24, 2.45) is 5.16 Å². The summed E-state index contributed by atoms with van der Waals surface area (Å²) in [7, 11) is 4.06. The molecule has 3 rings (SSSR count). The van der Waals surface area contributed by atoms with Crippen molar-refractivity contribution in [3.8, 4) is 0 Å². The van der Waals surface area contributed by atoms with Crippen LogP contribution in [-0.2, 0) is 4.84 Å². The average molecular weight is 365 g/mol. The Kier molecular flexibility index (Phi) is 6.31. The van der Waals surface area contributed by atoms with Crippen LogP contribution in [0.4, 0.5) is 0 Å². The van der Waals surface area contributed by atoms with E-state index >= 15 is 0 Å². The van der Waals surface area contributed by atoms with Crippen molar-refractivity contribution in [1.82, 2.24) is 4.90 Å². The minimum atomic E-state index is 0.560. The van der Waals surface area contributed by atoms with Crippen LogP contribution in [-0.4, -0.2) is 44.1 Å². The smallest absolute Gasteiger partial charge is 0.129 e. The van der Waals surface area contributed by atoms with Crippen LogP contribution in [0.25, 0.3) is 10.8 Å². The maximum absolute atomic E-state index is 5.66. The van der Waals surface area contributed by atoms with Gasteiger partial charge in [-0.3, -0.25) is 0 Å². The normalized spacial score (nSPS) is 11.9. The Hall–Kier alpha value is -2.30. The van der Waals surface area contributed by atoms with Crippen molar-refractivity contribution in [1.29, 1.82) is 0 Å². The number of oxime groups is 1. The van der Waals surface area contributed by atoms with Gasteiger partial charge in [-0.2, -0.15) is 0 Å². The molecule has 0 saturated carbocycles. The van der Waals surface area contributed by atoms with Gasteiger partial charge in [0, 0.05) is 22.6 Å². The summed E-state index contributed by atoms with van der Waals surface area (Å²) >= 11 is 1.74. The van der Waals surface area contributed by atoms with E-state index in [1.165, 1.54) is 15.7 Å². The molecule has 0 aliphatic carbocycles. The molecule has 0 spiro atoms. The monoisotopic (exact) mass is 364 g/mol. The maximum atomic E-state index is 5.66. The number of fused-ring (bicyclic) bond motifs is 1. The number of thioether (sulfide) groups is 1. The van der Waals surface area contributed by atoms with Crippen LogP contribution in [0.1, 0.15) is 11.1 Å². The van der Waals surface area contributed by atoms with Crippen molar-refractivity contribution in [2.45, 2.75) is 4.90 Å². The van der Waals surface area contributed by atoms with E-state index < -0.39 is 0 Å². The van der Waals surface area contributed by atoms with Gasteiger partial charge in [0.05, 0.1) is 0 Å². The van der Waals surface area contributed by atoms with Crippen LogP contribution >= 0.6 is 11.8 Å². The number of hydrogen-bond donors (Lipinski definition) is 0. The van der Waals surface area contributed by atoms with Crippen molar-refractivity contribution >= 4 is 28.2 Å². The van der Waals surface area contributed by atoms with E-state index in [4.69, 9.17) is 4.84 Å². The van der Waals surface area contributed by atoms with Gasteiger partial charge in [-0.05, 0) is 43.3 Å². The standard InChI is InChI=1S/C22H24N2OS/c1-24(2)15-16-25-23-22(18-11-13-19(26-3)14-12-18)21-10-6-8-17-7-4-5-9-20(17)21/h4-14H,15-16H2,1-3H3/b23-22+. The zero-order valence-electron chi connectivity index (χ0n) is 15.5. The molecule has 0 N–H and O–H groups in total. The molecule has 0 unspecified atom stereocenters. The van der Waals surface area contributed by atoms with Crippen molar-refractivity contribution < 1.29 is 4.84 Å². The Morgan fingerprint density at radius 1 is 0.962 bits per heavy atom. The fourth-order valence-electron chi connectivity index (χ4n) is 2.77. The Morgan fingerprint density at radius 2 is 1.69 bits per heavy atom. The van der Waals surface area contributed by atoms with Gasteiger partial charge in [-0.1, -0.05) is 59.8 Å². The predicted octanol–water partition coefficient (Wildman–Crippen LogP) is 4.89. The predicted molar refractivity (Wildman–Crippen MR) is 112 cm³/mol. The van der Waals surface area contributed by atoms with Gasteiger partial charge in [0.1, 0.15) is 12.3 Å². The lowest BCUT2D eigenvalue weighted by molar-refractivity contribution is 0.126. The molecule has 3 nitrogen and oxygen atoms in total. The zero-order valence-corrected chi connectivity index (χ0v) is 16.3. The largest absolute Gasteiger partial charge is 0.394 e. The van der Waals surface area contributed by atoms with E-state index in [1.807, 2.05) is 14.1 Å². The maximum Gasteiger partial charge on any atom is 0.129 e. The van der Waals surface area contributed by atoms with Gasteiger partial charge in [0.15, 0.2) is 0 Å². The molecule has 0 saturated heterocycles. The van der Waals surface area contributed by atoms with Gasteiger partial charge >= 0.3 is 0 Å². The number of hydrogen-bond acceptors (Lipinski definition) is 4. The van der Waals surface area contributed by atoms with E-state index in [0.29, 0.717) is 6.61 Å². The Labute approximate surface area is 159 Å². The number of benzene rings is 3. The minimum Gasteiger partial charge on any atom is -0.394 e. The van der Waals surface area contributed by atoms with Gasteiger partial charge < -0.3 is 9.74 Å². The molecule has 26 heavy (non-hydrogen) atoms. The van der Waals surface area contributed by atoms with E-state index in [1.54, 1.807) is 11.8 Å². The van der Waals surface area contributed by atoms with E-state index in [-0.39, 0.29) is 0 Å². The summed E-state index contributed by atoms with van der Waals surface area (Å²) < 4.78 is 0. The highest BCUT2D eigenvalue weighted by Crippen LogP contribution is 2.23. The third-order valence-corrected chi connectivity index (χ3v) is 4.94. The molecule has 4 heteroatoms. The van der Waals surface area contributed by atoms with E-state index in [0.717, 1.165) is 23.4 Å². The SMILES string of the molecule is CSc1ccc(/C(=N\OCCN(C)C)c2cccc3ccccc23)cc1. The second-order valence-corrected chi connectivity index (χ2v) is 7.21. The Bertz CT molecular complexity index is 883. The second-order valence-electron chi connectivity index (χ2n) is 6.33. The minimum absolute atomic E-state index is 0.560. The molecule has 0 aliphatic heterocycles. The fraction of sp³-hybridized carbons (Fsp3) is 0.227. The highest BCUT2D eigenvalue weighted by atomic mass is 32.2. The molecule has 0 radical (unpaired) electrons. The quantitative estimate of drug-likeness (QED) is 0.258. The molecule has 0 atom stereocenters. The summed E-state index contributed by atoms with van der Waals surface area (Å²) in [4.78, 5) is 8.98. The molecule has 3 aromatic rings. The Morgan fingerprint density at radius 3 is 2.42 bits per heavy atom. The molecule has 0 amide bonds. The zero-order chi connectivity index (χ0) is 18.4. The number of nitrogens with zero attached hydrogens (tertiary/aromatic N) is 2. The van der Waals surface area contributed by atoms with Crippen LogP contribution in [0.5, 0.6) is 0 Å². The summed E-state index contributed by atoms with van der Waals surface area (Å²) in [5.74, 6) is 0. The highest BCUT2D eigenvalue weighted by molar-refractivity contribution is 7.98. The van der Waals surface area contributed by atoms with E-state index in [2.05, 4.69) is 83.0 Å². The van der Waals surface area contributed by atoms with Gasteiger partial charge in [0.25, 0.3) is 0 Å². The third kappa shape index (κ3) is 4.45. The van der Waals surface area contributed by atoms with Gasteiger partial charge in [-0.15, -0.1) is 11.8 Å². The molecular weight excluding hydrogens is 340 g/mol. The summed E-state index contributed by atoms with van der Waals surface area (Å²) in [6.07, 6.45) is 2.08. The van der Waals surface area contributed by atoms with Crippen LogP contribution in [0.15, 0.2) is 76.8 Å². The van der Waals surface area contributed by atoms with Gasteiger partial charge in [-0.25, -0.2) is 0 Å². The lowest BCUT2D eigenvalue weighted by atomic mass is 9.97. The fourth-order valence-corrected chi connectivity index (χ4v) is 3.18. The van der Waals surface area contributed by atoms with Crippen molar-refractivity contribution in [3.63, 3.8) is 0 Å². The van der Waals surface area contributed by atoms with Crippen LogP contribution in [0, 0.1) is 0 Å². The lowest BCUT2D eigenvalue weighted by Gasteiger charge is -2.12. The first-order valence-electron chi connectivity index (χ1n) is 8.66. The summed E-state index contributed by atoms with van der Waals surface area (Å²) in [6.45, 7) is 1.39. The first kappa shape index (κ1) is 18.5. The van der Waals surface area contributed by atoms with Crippen molar-refractivity contribution in [2.75, 3.05) is 33.5 Å². The van der Waals surface area contributed by atoms with Crippen LogP contribution in [0.2, 0.25) is 0 Å². The van der Waals surface area contributed by atoms with Crippen LogP contribution < -0.4 is 0 Å². The summed E-state index contributed by atoms with van der Waals surface area (Å²) in [5.41, 5.74) is 3.02. The first-order chi connectivity index (χ1) is 12.7. The molecule has 134 valence electrons. The molecule has 0 fully saturated rings. The first-order valence-corrected chi connectivity index (χ1v) is 9.89. The summed E-state index contributed by atoms with van der Waals surface area (Å²) in [5, 5.41) is 6.91. The third-order valence-electron chi connectivity index (χ3n) is 4.19. The number of rotatable bonds is 7. The molecule has 0 heterocycles. The van der Waals surface area contributed by atoms with Crippen LogP contribution in [0.3, 0.4) is 0 Å². The molecule has 0 bridgehead atoms. The van der Waals surface area contributed by atoms with Crippen molar-refractivity contribution in [3.05, 3.63) is 77.9 Å². The number of likely N-dealkylation sites (N-methyl/N-ethyl adjacent to an activating group) is 1. The molecule has 3 aromatic carbocycles. The van der Waals surface area contributed by atoms with Gasteiger partial charge in [0.2, 0.25) is 0 Å². The lowest BCUT2D eigenvalue weighted by Crippen LogP contribution is -2.17. The average Bonchev–Trinajstić information content (AvgIpc) is 2.68. The second kappa shape index (κ2) is 8.88. The molecular formula is C22H24N2OS. The van der Waals surface area contributed by atoms with E-state index in [9.17, 15) is 0 Å². The Balaban J connectivity index is 2.02.